The van der Waals surface area contributed by atoms with Gasteiger partial charge in [0.15, 0.2) is 0 Å². The van der Waals surface area contributed by atoms with Gasteiger partial charge in [0.2, 0.25) is 11.8 Å². The number of carbonyl (C=O) groups is 2. The average molecular weight is 377 g/mol. The Balaban J connectivity index is 1.37. The monoisotopic (exact) mass is 377 g/mol. The van der Waals surface area contributed by atoms with E-state index in [4.69, 9.17) is 0 Å². The van der Waals surface area contributed by atoms with Crippen molar-refractivity contribution in [3.05, 3.63) is 77.4 Å². The largest absolute Gasteiger partial charge is 0.353 e. The quantitative estimate of drug-likeness (QED) is 0.729. The van der Waals surface area contributed by atoms with Crippen LogP contribution in [0.15, 0.2) is 60.7 Å². The Bertz CT molecular complexity index is 833. The van der Waals surface area contributed by atoms with Crippen LogP contribution >= 0.6 is 0 Å². The molecule has 2 aromatic rings. The van der Waals surface area contributed by atoms with Gasteiger partial charge in [-0.1, -0.05) is 54.6 Å². The van der Waals surface area contributed by atoms with Gasteiger partial charge in [0.1, 0.15) is 6.04 Å². The van der Waals surface area contributed by atoms with E-state index in [1.165, 1.54) is 17.2 Å². The summed E-state index contributed by atoms with van der Waals surface area (Å²) < 4.78 is 0. The van der Waals surface area contributed by atoms with Gasteiger partial charge in [-0.25, -0.2) is 0 Å². The Morgan fingerprint density at radius 2 is 1.79 bits per heavy atom. The highest BCUT2D eigenvalue weighted by Gasteiger charge is 2.17. The molecule has 2 aromatic carbocycles. The molecule has 1 aliphatic rings. The van der Waals surface area contributed by atoms with Crippen LogP contribution in [0.2, 0.25) is 0 Å². The van der Waals surface area contributed by atoms with Crippen molar-refractivity contribution in [2.24, 2.45) is 0 Å². The minimum absolute atomic E-state index is 0.168. The van der Waals surface area contributed by atoms with Crippen molar-refractivity contribution in [1.29, 1.82) is 0 Å². The zero-order chi connectivity index (χ0) is 19.8. The number of nitrogens with one attached hydrogen (secondary N) is 2. The Hall–Kier alpha value is -2.92. The molecule has 3 rings (SSSR count). The van der Waals surface area contributed by atoms with Gasteiger partial charge in [0.05, 0.1) is 0 Å². The third kappa shape index (κ3) is 5.79. The van der Waals surface area contributed by atoms with E-state index in [1.54, 1.807) is 13.0 Å². The van der Waals surface area contributed by atoms with Crippen molar-refractivity contribution in [3.8, 4) is 0 Å². The van der Waals surface area contributed by atoms with Crippen LogP contribution < -0.4 is 10.6 Å². The second-order valence-electron chi connectivity index (χ2n) is 7.06. The molecule has 28 heavy (non-hydrogen) atoms. The molecular weight excluding hydrogens is 350 g/mol. The summed E-state index contributed by atoms with van der Waals surface area (Å²) in [6.45, 7) is 4.99. The maximum absolute atomic E-state index is 12.2. The highest BCUT2D eigenvalue weighted by atomic mass is 16.2. The van der Waals surface area contributed by atoms with Gasteiger partial charge in [0.25, 0.3) is 0 Å². The highest BCUT2D eigenvalue weighted by molar-refractivity contribution is 5.95. The molecule has 5 nitrogen and oxygen atoms in total. The Kier molecular flexibility index (Phi) is 6.98. The van der Waals surface area contributed by atoms with Gasteiger partial charge >= 0.3 is 0 Å². The van der Waals surface area contributed by atoms with Crippen LogP contribution in [0.5, 0.6) is 0 Å². The molecule has 1 atom stereocenters. The molecular formula is C23H27N3O2. The molecule has 0 bridgehead atoms. The molecule has 146 valence electrons. The Morgan fingerprint density at radius 1 is 1.07 bits per heavy atom. The summed E-state index contributed by atoms with van der Waals surface area (Å²) in [6.07, 6.45) is 4.22. The topological polar surface area (TPSA) is 61.4 Å². The third-order valence-corrected chi connectivity index (χ3v) is 4.92. The predicted molar refractivity (Wildman–Crippen MR) is 112 cm³/mol. The number of fused-ring (bicyclic) bond motifs is 1. The number of amides is 2. The molecule has 2 N–H and O–H groups in total. The lowest BCUT2D eigenvalue weighted by Gasteiger charge is -2.28. The van der Waals surface area contributed by atoms with E-state index in [9.17, 15) is 9.59 Å². The molecule has 0 unspecified atom stereocenters. The summed E-state index contributed by atoms with van der Waals surface area (Å²) in [7, 11) is 0. The standard InChI is InChI=1S/C23H27N3O2/c1-18(25-22(27)12-11-19-7-3-2-4-8-19)23(28)24-14-16-26-15-13-20-9-5-6-10-21(20)17-26/h2-12,18H,13-17H2,1H3,(H,24,28)(H,25,27)/b12-11-/t18-/m1/s1. The minimum atomic E-state index is -0.574. The SMILES string of the molecule is C[C@@H](NC(=O)/C=C\c1ccccc1)C(=O)NCCN1CCc2ccccc2C1. The molecule has 0 aliphatic carbocycles. The summed E-state index contributed by atoms with van der Waals surface area (Å²) in [5, 5.41) is 5.61. The molecule has 2 amide bonds. The first kappa shape index (κ1) is 19.8. The third-order valence-electron chi connectivity index (χ3n) is 4.92. The minimum Gasteiger partial charge on any atom is -0.353 e. The maximum Gasteiger partial charge on any atom is 0.244 e. The van der Waals surface area contributed by atoms with E-state index < -0.39 is 6.04 Å². The van der Waals surface area contributed by atoms with Crippen LogP contribution in [0.1, 0.15) is 23.6 Å². The number of rotatable bonds is 7. The highest BCUT2D eigenvalue weighted by Crippen LogP contribution is 2.17. The number of hydrogen-bond acceptors (Lipinski definition) is 3. The Labute approximate surface area is 166 Å². The molecule has 1 heterocycles. The fourth-order valence-corrected chi connectivity index (χ4v) is 3.30. The molecule has 0 saturated heterocycles. The van der Waals surface area contributed by atoms with Crippen molar-refractivity contribution < 1.29 is 9.59 Å². The second-order valence-corrected chi connectivity index (χ2v) is 7.06. The second kappa shape index (κ2) is 9.85. The van der Waals surface area contributed by atoms with Crippen LogP contribution in [0.4, 0.5) is 0 Å². The summed E-state index contributed by atoms with van der Waals surface area (Å²) >= 11 is 0. The predicted octanol–water partition coefficient (Wildman–Crippen LogP) is 2.38. The summed E-state index contributed by atoms with van der Waals surface area (Å²) in [5.74, 6) is -0.446. The van der Waals surface area contributed by atoms with Crippen LogP contribution in [-0.2, 0) is 22.6 Å². The van der Waals surface area contributed by atoms with E-state index in [2.05, 4.69) is 39.8 Å². The number of benzene rings is 2. The lowest BCUT2D eigenvalue weighted by molar-refractivity contribution is -0.126. The molecule has 0 saturated carbocycles. The number of nitrogens with zero attached hydrogens (tertiary/aromatic N) is 1. The molecule has 1 aliphatic heterocycles. The van der Waals surface area contributed by atoms with Crippen LogP contribution in [0.3, 0.4) is 0 Å². The normalized spacial score (nSPS) is 15.0. The molecule has 0 radical (unpaired) electrons. The fraction of sp³-hybridized carbons (Fsp3) is 0.304. The van der Waals surface area contributed by atoms with Crippen molar-refractivity contribution in [1.82, 2.24) is 15.5 Å². The van der Waals surface area contributed by atoms with Gasteiger partial charge in [-0.2, -0.15) is 0 Å². The van der Waals surface area contributed by atoms with E-state index >= 15 is 0 Å². The molecule has 0 aromatic heterocycles. The first-order valence-electron chi connectivity index (χ1n) is 9.72. The van der Waals surface area contributed by atoms with Gasteiger partial charge in [0, 0.05) is 32.3 Å². The van der Waals surface area contributed by atoms with E-state index in [0.29, 0.717) is 6.54 Å². The zero-order valence-corrected chi connectivity index (χ0v) is 16.2. The van der Waals surface area contributed by atoms with Crippen molar-refractivity contribution in [2.75, 3.05) is 19.6 Å². The summed E-state index contributed by atoms with van der Waals surface area (Å²) in [5.41, 5.74) is 3.73. The smallest absolute Gasteiger partial charge is 0.244 e. The van der Waals surface area contributed by atoms with Crippen LogP contribution in [-0.4, -0.2) is 42.4 Å². The van der Waals surface area contributed by atoms with Crippen molar-refractivity contribution >= 4 is 17.9 Å². The molecule has 0 fully saturated rings. The van der Waals surface area contributed by atoms with E-state index in [1.807, 2.05) is 30.3 Å². The van der Waals surface area contributed by atoms with E-state index in [0.717, 1.165) is 31.6 Å². The molecule has 0 spiro atoms. The van der Waals surface area contributed by atoms with Crippen LogP contribution in [0.25, 0.3) is 6.08 Å². The van der Waals surface area contributed by atoms with Gasteiger partial charge < -0.3 is 10.6 Å². The number of carbonyl (C=O) groups excluding carboxylic acids is 2. The summed E-state index contributed by atoms with van der Waals surface area (Å²) in [4.78, 5) is 26.5. The van der Waals surface area contributed by atoms with Gasteiger partial charge in [-0.3, -0.25) is 14.5 Å². The Morgan fingerprint density at radius 3 is 2.57 bits per heavy atom. The van der Waals surface area contributed by atoms with E-state index in [-0.39, 0.29) is 11.8 Å². The molecule has 5 heteroatoms. The first-order chi connectivity index (χ1) is 13.6. The van der Waals surface area contributed by atoms with Crippen LogP contribution in [0, 0.1) is 0 Å². The average Bonchev–Trinajstić information content (AvgIpc) is 2.73. The fourth-order valence-electron chi connectivity index (χ4n) is 3.30. The lowest BCUT2D eigenvalue weighted by Crippen LogP contribution is -2.46. The first-order valence-corrected chi connectivity index (χ1v) is 9.72. The van der Waals surface area contributed by atoms with Gasteiger partial charge in [-0.05, 0) is 36.1 Å². The lowest BCUT2D eigenvalue weighted by atomic mass is 10.00. The zero-order valence-electron chi connectivity index (χ0n) is 16.2. The van der Waals surface area contributed by atoms with Crippen molar-refractivity contribution in [3.63, 3.8) is 0 Å². The maximum atomic E-state index is 12.2. The number of hydrogen-bond donors (Lipinski definition) is 2. The summed E-state index contributed by atoms with van der Waals surface area (Å²) in [6, 6.07) is 17.5. The van der Waals surface area contributed by atoms with Crippen molar-refractivity contribution in [2.45, 2.75) is 25.9 Å². The van der Waals surface area contributed by atoms with Gasteiger partial charge in [-0.15, -0.1) is 0 Å².